The SMILES string of the molecule is CC(=O)[O-].CC(=O)[O-].CC(=O)[O-].CC(=O)[O-].O=S(=O)([O-])[O-].O=S(=O)([O-])[O-].O=S(=O)([O-])[O-].O=S(=O)([O-])[O-].O=S(=O)([O-])[O-].O=S(=O)([O-])[O-].O=S(=O)([O-])[O-].O=S(=O)([O-])[O-].[Zr+4].[Zr+4].[Zr+4].[Zr+4].[Zr+4]. The van der Waals surface area contributed by atoms with Gasteiger partial charge in [-0.15, -0.1) is 0 Å². The summed E-state index contributed by atoms with van der Waals surface area (Å²) in [5, 5.41) is 35.6. The van der Waals surface area contributed by atoms with E-state index in [-0.39, 0.29) is 131 Å². The van der Waals surface area contributed by atoms with Crippen LogP contribution in [-0.2, 0) is 233 Å². The van der Waals surface area contributed by atoms with Crippen LogP contribution in [0.1, 0.15) is 27.7 Å². The van der Waals surface area contributed by atoms with Crippen molar-refractivity contribution in [2.24, 2.45) is 0 Å². The van der Waals surface area contributed by atoms with Gasteiger partial charge >= 0.3 is 131 Å². The fourth-order valence-electron chi connectivity index (χ4n) is 0. The van der Waals surface area contributed by atoms with Crippen LogP contribution in [0.3, 0.4) is 0 Å². The van der Waals surface area contributed by atoms with Crippen LogP contribution in [0.15, 0.2) is 0 Å². The number of hydrogen-bond donors (Lipinski definition) is 0. The van der Waals surface area contributed by atoms with Gasteiger partial charge in [0.25, 0.3) is 0 Å². The summed E-state index contributed by atoms with van der Waals surface area (Å²) >= 11 is 0. The first-order valence-corrected chi connectivity index (χ1v) is 19.6. The molecule has 0 aliphatic rings. The molecule has 40 nitrogen and oxygen atoms in total. The van der Waals surface area contributed by atoms with Gasteiger partial charge in [0, 0.05) is 107 Å². The van der Waals surface area contributed by atoms with Gasteiger partial charge in [0.15, 0.2) is 0 Å². The standard InChI is InChI=1S/4C2H4O2.8H2O4S.5Zr/c4*1-2(3)4;8*1-5(2,3)4;;;;;/h4*1H3,(H,3,4);8*(H2,1,2,3,4);;;;;/q;;;;;;;;;;;;5*+4/p-20. The van der Waals surface area contributed by atoms with Gasteiger partial charge in [-0.3, -0.25) is 67.3 Å². The second kappa shape index (κ2) is 59.3. The van der Waals surface area contributed by atoms with Crippen molar-refractivity contribution in [2.75, 3.05) is 0 Å². The van der Waals surface area contributed by atoms with Crippen molar-refractivity contribution in [1.29, 1.82) is 0 Å². The van der Waals surface area contributed by atoms with E-state index in [1.165, 1.54) is 0 Å². The van der Waals surface area contributed by atoms with E-state index < -0.39 is 107 Å². The molecule has 0 spiro atoms. The summed E-state index contributed by atoms with van der Waals surface area (Å²) in [7, 11) is -41.3. The van der Waals surface area contributed by atoms with Crippen molar-refractivity contribution in [3.05, 3.63) is 0 Å². The molecule has 61 heavy (non-hydrogen) atoms. The topological polar surface area (TPSA) is 803 Å². The Hall–Kier alpha value is 1.26. The Kier molecular flexibility index (Phi) is 111. The molecule has 0 aliphatic carbocycles. The molecule has 0 amide bonds. The van der Waals surface area contributed by atoms with Crippen LogP contribution in [-0.4, -0.2) is 164 Å². The number of rotatable bonds is 0. The summed E-state index contributed by atoms with van der Waals surface area (Å²) in [5.41, 5.74) is 0. The summed E-state index contributed by atoms with van der Waals surface area (Å²) in [4.78, 5) is 35.6. The third-order valence-electron chi connectivity index (χ3n) is 0. The summed E-state index contributed by atoms with van der Waals surface area (Å²) in [5.74, 6) is -4.33. The molecule has 0 saturated carbocycles. The van der Waals surface area contributed by atoms with Crippen molar-refractivity contribution >= 4 is 107 Å². The molecule has 0 aromatic heterocycles. The van der Waals surface area contributed by atoms with E-state index in [2.05, 4.69) is 0 Å². The van der Waals surface area contributed by atoms with Gasteiger partial charge in [0.05, 0.1) is 0 Å². The molecule has 0 aliphatic heterocycles. The number of carbonyl (C=O) groups excluding carboxylic acids is 4. The smallest absolute Gasteiger partial charge is 0.759 e. The van der Waals surface area contributed by atoms with E-state index in [1.54, 1.807) is 0 Å². The number of hydrogen-bond acceptors (Lipinski definition) is 40. The third kappa shape index (κ3) is 136000. The minimum absolute atomic E-state index is 0. The number of carbonyl (C=O) groups is 4. The fourth-order valence-corrected chi connectivity index (χ4v) is 0. The Morgan fingerprint density at radius 3 is 0.213 bits per heavy atom. The van der Waals surface area contributed by atoms with E-state index in [0.717, 1.165) is 27.7 Å². The maximum absolute atomic E-state index is 8.89. The van der Waals surface area contributed by atoms with Gasteiger partial charge < -0.3 is 112 Å². The average molecular weight is 1460 g/mol. The van der Waals surface area contributed by atoms with Crippen molar-refractivity contribution in [2.45, 2.75) is 27.7 Å². The van der Waals surface area contributed by atoms with Crippen LogP contribution in [0.4, 0.5) is 0 Å². The molecule has 53 heteroatoms. The van der Waals surface area contributed by atoms with Crippen LogP contribution in [0, 0.1) is 0 Å². The number of aliphatic carboxylic acids is 4. The number of carboxylic acid groups (broad SMARTS) is 4. The quantitative estimate of drug-likeness (QED) is 0.160. The second-order valence-electron chi connectivity index (χ2n) is 5.23. The zero-order valence-corrected chi connectivity index (χ0v) is 46.9. The van der Waals surface area contributed by atoms with Gasteiger partial charge in [-0.05, 0) is 27.7 Å². The third-order valence-corrected chi connectivity index (χ3v) is 0. The van der Waals surface area contributed by atoms with E-state index in [9.17, 15) is 0 Å². The molecule has 352 valence electrons. The van der Waals surface area contributed by atoms with Gasteiger partial charge in [-0.2, -0.15) is 0 Å². The Labute approximate surface area is 439 Å². The van der Waals surface area contributed by atoms with Crippen molar-refractivity contribution in [3.8, 4) is 0 Å². The molecule has 0 bridgehead atoms. The molecule has 0 fully saturated rings. The molecule has 0 N–H and O–H groups in total. The molecule has 0 aromatic carbocycles. The molecule has 0 aromatic rings. The average Bonchev–Trinajstić information content (AvgIpc) is 2.53. The van der Waals surface area contributed by atoms with Crippen molar-refractivity contribution in [3.63, 3.8) is 0 Å². The summed E-state index contributed by atoms with van der Waals surface area (Å²) in [6, 6.07) is 0. The molecule has 0 radical (unpaired) electrons. The Balaban J connectivity index is -0.0000000229. The molecule has 0 atom stereocenters. The Bertz CT molecular complexity index is 1440. The molecular formula is C8H12O40S8Zr5. The van der Waals surface area contributed by atoms with Crippen LogP contribution >= 0.6 is 0 Å². The Morgan fingerprint density at radius 2 is 0.213 bits per heavy atom. The van der Waals surface area contributed by atoms with E-state index in [4.69, 9.17) is 180 Å². The van der Waals surface area contributed by atoms with E-state index >= 15 is 0 Å². The zero-order chi connectivity index (χ0) is 50.3. The normalized spacial score (nSPS) is 9.25. The van der Waals surface area contributed by atoms with Crippen LogP contribution in [0.25, 0.3) is 0 Å². The minimum Gasteiger partial charge on any atom is -0.759 e. The first-order valence-electron chi connectivity index (χ1n) is 8.97. The summed E-state index contributed by atoms with van der Waals surface area (Å²) in [6.45, 7) is 3.89. The molecule has 0 saturated heterocycles. The van der Waals surface area contributed by atoms with Gasteiger partial charge in [0.2, 0.25) is 0 Å². The molecule has 0 rings (SSSR count). The monoisotopic (exact) mass is 1450 g/mol. The van der Waals surface area contributed by atoms with Crippen LogP contribution in [0.5, 0.6) is 0 Å². The predicted molar refractivity (Wildman–Crippen MR) is 127 cm³/mol. The van der Waals surface area contributed by atoms with Crippen molar-refractivity contribution < 1.29 is 311 Å². The van der Waals surface area contributed by atoms with Crippen molar-refractivity contribution in [1.82, 2.24) is 0 Å². The molecule has 0 heterocycles. The minimum atomic E-state index is -5.17. The largest absolute Gasteiger partial charge is 4.00 e. The predicted octanol–water partition coefficient (Wildman–Crippen LogP) is -15.7. The van der Waals surface area contributed by atoms with Crippen LogP contribution in [0.2, 0.25) is 0 Å². The first kappa shape index (κ1) is 114. The summed E-state index contributed by atoms with van der Waals surface area (Å²) in [6.07, 6.45) is 0. The maximum atomic E-state index is 8.89. The summed E-state index contributed by atoms with van der Waals surface area (Å²) < 4.78 is 273. The fraction of sp³-hybridized carbons (Fsp3) is 0.500. The van der Waals surface area contributed by atoms with Crippen LogP contribution < -0.4 is 20.4 Å². The second-order valence-corrected chi connectivity index (χ2v) is 11.8. The maximum Gasteiger partial charge on any atom is 4.00 e. The molecule has 0 unspecified atom stereocenters. The molecular weight excluding hydrogens is 1450 g/mol. The van der Waals surface area contributed by atoms with E-state index in [1.807, 2.05) is 0 Å². The van der Waals surface area contributed by atoms with Gasteiger partial charge in [0.1, 0.15) is 0 Å². The zero-order valence-electron chi connectivity index (χ0n) is 28.1. The van der Waals surface area contributed by atoms with Gasteiger partial charge in [-0.25, -0.2) is 0 Å². The number of carboxylic acids is 4. The van der Waals surface area contributed by atoms with Gasteiger partial charge in [-0.1, -0.05) is 0 Å². The van der Waals surface area contributed by atoms with E-state index in [0.29, 0.717) is 0 Å². The first-order chi connectivity index (χ1) is 22.9. The Morgan fingerprint density at radius 1 is 0.213 bits per heavy atom.